The lowest BCUT2D eigenvalue weighted by atomic mass is 10.1. The molecule has 0 heterocycles. The molecular weight excluding hydrogens is 210 g/mol. The van der Waals surface area contributed by atoms with Gasteiger partial charge in [-0.1, -0.05) is 19.4 Å². The van der Waals surface area contributed by atoms with Crippen molar-refractivity contribution < 1.29 is 8.78 Å². The summed E-state index contributed by atoms with van der Waals surface area (Å²) in [5, 5.41) is 3.12. The third-order valence-corrected chi connectivity index (χ3v) is 2.67. The van der Waals surface area contributed by atoms with E-state index in [1.807, 2.05) is 0 Å². The first-order valence-corrected chi connectivity index (χ1v) is 5.52. The van der Waals surface area contributed by atoms with Crippen LogP contribution >= 0.6 is 0 Å². The SMILES string of the molecule is CCC(CN)CNCc1ccc(F)cc1F. The lowest BCUT2D eigenvalue weighted by Gasteiger charge is -2.13. The van der Waals surface area contributed by atoms with Crippen molar-refractivity contribution in [1.82, 2.24) is 5.32 Å². The second kappa shape index (κ2) is 6.55. The van der Waals surface area contributed by atoms with E-state index in [2.05, 4.69) is 12.2 Å². The van der Waals surface area contributed by atoms with E-state index < -0.39 is 11.6 Å². The number of hydrogen-bond donors (Lipinski definition) is 2. The van der Waals surface area contributed by atoms with E-state index >= 15 is 0 Å². The Labute approximate surface area is 94.8 Å². The minimum absolute atomic E-state index is 0.405. The van der Waals surface area contributed by atoms with Crippen LogP contribution in [0.5, 0.6) is 0 Å². The van der Waals surface area contributed by atoms with Gasteiger partial charge in [-0.05, 0) is 25.1 Å². The molecule has 0 fully saturated rings. The number of nitrogens with two attached hydrogens (primary N) is 1. The molecule has 0 aliphatic rings. The van der Waals surface area contributed by atoms with E-state index in [1.165, 1.54) is 12.1 Å². The molecule has 90 valence electrons. The van der Waals surface area contributed by atoms with E-state index in [1.54, 1.807) is 0 Å². The fraction of sp³-hybridized carbons (Fsp3) is 0.500. The number of nitrogens with one attached hydrogen (secondary N) is 1. The predicted molar refractivity (Wildman–Crippen MR) is 60.9 cm³/mol. The maximum absolute atomic E-state index is 13.2. The number of halogens is 2. The monoisotopic (exact) mass is 228 g/mol. The van der Waals surface area contributed by atoms with E-state index in [0.29, 0.717) is 24.6 Å². The first-order chi connectivity index (χ1) is 7.67. The Morgan fingerprint density at radius 3 is 2.69 bits per heavy atom. The van der Waals surface area contributed by atoms with Gasteiger partial charge in [0, 0.05) is 18.2 Å². The lowest BCUT2D eigenvalue weighted by Crippen LogP contribution is -2.27. The van der Waals surface area contributed by atoms with Crippen LogP contribution in [0.2, 0.25) is 0 Å². The Morgan fingerprint density at radius 1 is 1.38 bits per heavy atom. The van der Waals surface area contributed by atoms with Crippen molar-refractivity contribution >= 4 is 0 Å². The molecule has 1 atom stereocenters. The van der Waals surface area contributed by atoms with Gasteiger partial charge in [0.15, 0.2) is 0 Å². The zero-order valence-electron chi connectivity index (χ0n) is 9.47. The van der Waals surface area contributed by atoms with Crippen LogP contribution in [-0.4, -0.2) is 13.1 Å². The smallest absolute Gasteiger partial charge is 0.130 e. The molecule has 0 spiro atoms. The molecule has 0 aliphatic heterocycles. The molecule has 0 aliphatic carbocycles. The van der Waals surface area contributed by atoms with Crippen LogP contribution in [0.3, 0.4) is 0 Å². The Balaban J connectivity index is 2.42. The van der Waals surface area contributed by atoms with Gasteiger partial charge in [0.1, 0.15) is 11.6 Å². The Hall–Kier alpha value is -1.00. The van der Waals surface area contributed by atoms with E-state index in [4.69, 9.17) is 5.73 Å². The summed E-state index contributed by atoms with van der Waals surface area (Å²) in [6.07, 6.45) is 0.995. The fourth-order valence-electron chi connectivity index (χ4n) is 1.47. The quantitative estimate of drug-likeness (QED) is 0.782. The van der Waals surface area contributed by atoms with Crippen molar-refractivity contribution in [1.29, 1.82) is 0 Å². The molecule has 0 amide bonds. The van der Waals surface area contributed by atoms with Crippen molar-refractivity contribution in [3.05, 3.63) is 35.4 Å². The van der Waals surface area contributed by atoms with Gasteiger partial charge >= 0.3 is 0 Å². The highest BCUT2D eigenvalue weighted by Crippen LogP contribution is 2.09. The molecule has 0 saturated heterocycles. The maximum Gasteiger partial charge on any atom is 0.130 e. The van der Waals surface area contributed by atoms with E-state index in [0.717, 1.165) is 19.0 Å². The van der Waals surface area contributed by atoms with Gasteiger partial charge in [0.05, 0.1) is 0 Å². The molecule has 0 bridgehead atoms. The zero-order valence-corrected chi connectivity index (χ0v) is 9.47. The molecule has 1 aromatic rings. The standard InChI is InChI=1S/C12H18F2N2/c1-2-9(6-15)7-16-8-10-3-4-11(13)5-12(10)14/h3-5,9,16H,2,6-8,15H2,1H3. The summed E-state index contributed by atoms with van der Waals surface area (Å²) in [5.74, 6) is -0.647. The minimum atomic E-state index is -0.547. The highest BCUT2D eigenvalue weighted by atomic mass is 19.1. The van der Waals surface area contributed by atoms with Gasteiger partial charge in [0.2, 0.25) is 0 Å². The molecule has 0 aromatic heterocycles. The summed E-state index contributed by atoms with van der Waals surface area (Å²) in [6, 6.07) is 3.62. The summed E-state index contributed by atoms with van der Waals surface area (Å²) in [4.78, 5) is 0. The van der Waals surface area contributed by atoms with Gasteiger partial charge < -0.3 is 11.1 Å². The van der Waals surface area contributed by atoms with Crippen LogP contribution in [-0.2, 0) is 6.54 Å². The molecule has 1 rings (SSSR count). The third-order valence-electron chi connectivity index (χ3n) is 2.67. The topological polar surface area (TPSA) is 38.0 Å². The summed E-state index contributed by atoms with van der Waals surface area (Å²) in [5.41, 5.74) is 6.03. The largest absolute Gasteiger partial charge is 0.330 e. The van der Waals surface area contributed by atoms with Gasteiger partial charge in [-0.2, -0.15) is 0 Å². The minimum Gasteiger partial charge on any atom is -0.330 e. The summed E-state index contributed by atoms with van der Waals surface area (Å²) < 4.78 is 25.9. The molecule has 0 saturated carbocycles. The molecule has 1 aromatic carbocycles. The average Bonchev–Trinajstić information content (AvgIpc) is 2.27. The molecule has 3 N–H and O–H groups in total. The highest BCUT2D eigenvalue weighted by molar-refractivity contribution is 5.18. The molecule has 1 unspecified atom stereocenters. The van der Waals surface area contributed by atoms with Crippen LogP contribution in [0.1, 0.15) is 18.9 Å². The van der Waals surface area contributed by atoms with Crippen LogP contribution in [0.4, 0.5) is 8.78 Å². The predicted octanol–water partition coefficient (Wildman–Crippen LogP) is 2.04. The van der Waals surface area contributed by atoms with Gasteiger partial charge in [-0.25, -0.2) is 8.78 Å². The summed E-state index contributed by atoms with van der Waals surface area (Å²) in [7, 11) is 0. The Bertz CT molecular complexity index is 325. The number of rotatable bonds is 6. The number of benzene rings is 1. The molecule has 16 heavy (non-hydrogen) atoms. The van der Waals surface area contributed by atoms with Crippen LogP contribution in [0, 0.1) is 17.6 Å². The van der Waals surface area contributed by atoms with Crippen molar-refractivity contribution in [3.8, 4) is 0 Å². The molecule has 4 heteroatoms. The third kappa shape index (κ3) is 3.87. The van der Waals surface area contributed by atoms with Gasteiger partial charge in [0.25, 0.3) is 0 Å². The Morgan fingerprint density at radius 2 is 2.12 bits per heavy atom. The van der Waals surface area contributed by atoms with Crippen LogP contribution < -0.4 is 11.1 Å². The second-order valence-electron chi connectivity index (χ2n) is 3.88. The molecule has 0 radical (unpaired) electrons. The second-order valence-corrected chi connectivity index (χ2v) is 3.88. The molecule has 2 nitrogen and oxygen atoms in total. The maximum atomic E-state index is 13.2. The van der Waals surface area contributed by atoms with Crippen molar-refractivity contribution in [2.24, 2.45) is 11.7 Å². The normalized spacial score (nSPS) is 12.8. The van der Waals surface area contributed by atoms with Crippen molar-refractivity contribution in [2.45, 2.75) is 19.9 Å². The van der Waals surface area contributed by atoms with Crippen LogP contribution in [0.15, 0.2) is 18.2 Å². The first kappa shape index (κ1) is 13.1. The van der Waals surface area contributed by atoms with E-state index in [-0.39, 0.29) is 0 Å². The average molecular weight is 228 g/mol. The number of hydrogen-bond acceptors (Lipinski definition) is 2. The summed E-state index contributed by atoms with van der Waals surface area (Å²) >= 11 is 0. The zero-order chi connectivity index (χ0) is 12.0. The van der Waals surface area contributed by atoms with Crippen molar-refractivity contribution in [3.63, 3.8) is 0 Å². The highest BCUT2D eigenvalue weighted by Gasteiger charge is 2.05. The lowest BCUT2D eigenvalue weighted by molar-refractivity contribution is 0.465. The van der Waals surface area contributed by atoms with Crippen molar-refractivity contribution in [2.75, 3.05) is 13.1 Å². The Kier molecular flexibility index (Phi) is 5.35. The fourth-order valence-corrected chi connectivity index (χ4v) is 1.47. The molecular formula is C12H18F2N2. The van der Waals surface area contributed by atoms with Gasteiger partial charge in [-0.3, -0.25) is 0 Å². The van der Waals surface area contributed by atoms with E-state index in [9.17, 15) is 8.78 Å². The van der Waals surface area contributed by atoms with Crippen LogP contribution in [0.25, 0.3) is 0 Å². The summed E-state index contributed by atoms with van der Waals surface area (Å²) in [6.45, 7) is 3.85. The first-order valence-electron chi connectivity index (χ1n) is 5.52. The van der Waals surface area contributed by atoms with Gasteiger partial charge in [-0.15, -0.1) is 0 Å².